The van der Waals surface area contributed by atoms with Crippen LogP contribution in [-0.4, -0.2) is 37.0 Å². The lowest BCUT2D eigenvalue weighted by atomic mass is 10.1. The molecule has 0 radical (unpaired) electrons. The molecule has 0 bridgehead atoms. The lowest BCUT2D eigenvalue weighted by molar-refractivity contribution is 0.0702. The first kappa shape index (κ1) is 18.3. The van der Waals surface area contributed by atoms with Crippen LogP contribution < -0.4 is 10.1 Å². The fourth-order valence-corrected chi connectivity index (χ4v) is 3.10. The summed E-state index contributed by atoms with van der Waals surface area (Å²) in [7, 11) is 0. The Morgan fingerprint density at radius 3 is 2.50 bits per heavy atom. The first-order chi connectivity index (χ1) is 12.3. The van der Waals surface area contributed by atoms with Crippen LogP contribution in [0, 0.1) is 0 Å². The van der Waals surface area contributed by atoms with Gasteiger partial charge in [-0.1, -0.05) is 36.4 Å². The zero-order valence-electron chi connectivity index (χ0n) is 14.3. The summed E-state index contributed by atoms with van der Waals surface area (Å²) in [5.41, 5.74) is 1.52. The van der Waals surface area contributed by atoms with Crippen LogP contribution in [0.1, 0.15) is 16.1 Å². The molecule has 5 nitrogen and oxygen atoms in total. The lowest BCUT2D eigenvalue weighted by Crippen LogP contribution is -2.46. The van der Waals surface area contributed by atoms with Crippen molar-refractivity contribution in [2.75, 3.05) is 26.2 Å². The first-order valence-electron chi connectivity index (χ1n) is 8.51. The first-order valence-corrected chi connectivity index (χ1v) is 8.51. The normalized spacial score (nSPS) is 14.1. The second kappa shape index (κ2) is 8.25. The monoisotopic (exact) mass is 372 g/mol. The number of para-hydroxylation sites is 2. The summed E-state index contributed by atoms with van der Waals surface area (Å²) in [5, 5.41) is 4.19. The van der Waals surface area contributed by atoms with E-state index < -0.39 is 0 Å². The van der Waals surface area contributed by atoms with Gasteiger partial charge in [0.2, 0.25) is 0 Å². The van der Waals surface area contributed by atoms with Crippen LogP contribution in [0.4, 0.5) is 0 Å². The summed E-state index contributed by atoms with van der Waals surface area (Å²) in [5.74, 6) is 1.09. The summed E-state index contributed by atoms with van der Waals surface area (Å²) >= 11 is 0. The van der Waals surface area contributed by atoms with E-state index in [1.165, 1.54) is 0 Å². The summed E-state index contributed by atoms with van der Waals surface area (Å²) < 4.78 is 11.8. The number of piperazine rings is 1. The van der Waals surface area contributed by atoms with Crippen molar-refractivity contribution in [1.29, 1.82) is 0 Å². The average molecular weight is 373 g/mol. The van der Waals surface area contributed by atoms with Crippen LogP contribution in [0.5, 0.6) is 5.75 Å². The quantitative estimate of drug-likeness (QED) is 0.761. The summed E-state index contributed by atoms with van der Waals surface area (Å²) in [6, 6.07) is 17.3. The fourth-order valence-electron chi connectivity index (χ4n) is 3.10. The van der Waals surface area contributed by atoms with Gasteiger partial charge < -0.3 is 19.4 Å². The van der Waals surface area contributed by atoms with Crippen LogP contribution in [0.3, 0.4) is 0 Å². The molecule has 0 unspecified atom stereocenters. The molecule has 1 fully saturated rings. The van der Waals surface area contributed by atoms with Crippen molar-refractivity contribution in [3.63, 3.8) is 0 Å². The predicted octanol–water partition coefficient (Wildman–Crippen LogP) is 3.48. The Balaban J connectivity index is 0.00000196. The topological polar surface area (TPSA) is 54.7 Å². The largest absolute Gasteiger partial charge is 0.489 e. The molecule has 1 saturated heterocycles. The summed E-state index contributed by atoms with van der Waals surface area (Å²) in [6.07, 6.45) is 0. The van der Waals surface area contributed by atoms with Crippen molar-refractivity contribution in [3.05, 3.63) is 65.9 Å². The molecule has 1 aliphatic rings. The smallest absolute Gasteiger partial charge is 0.290 e. The number of nitrogens with one attached hydrogen (secondary N) is 1. The molecule has 2 aromatic carbocycles. The van der Waals surface area contributed by atoms with Gasteiger partial charge in [0.05, 0.1) is 0 Å². The highest BCUT2D eigenvalue weighted by Crippen LogP contribution is 2.28. The van der Waals surface area contributed by atoms with Crippen molar-refractivity contribution < 1.29 is 13.9 Å². The van der Waals surface area contributed by atoms with E-state index in [0.29, 0.717) is 31.0 Å². The molecule has 1 aromatic heterocycles. The van der Waals surface area contributed by atoms with Crippen molar-refractivity contribution in [2.24, 2.45) is 0 Å². The zero-order chi connectivity index (χ0) is 17.1. The molecular formula is C20H21ClN2O3. The summed E-state index contributed by atoms with van der Waals surface area (Å²) in [6.45, 7) is 3.29. The Hall–Kier alpha value is -2.50. The number of hydrogen-bond donors (Lipinski definition) is 1. The third kappa shape index (κ3) is 3.69. The lowest BCUT2D eigenvalue weighted by Gasteiger charge is -2.26. The molecule has 1 N–H and O–H groups in total. The maximum atomic E-state index is 13.0. The maximum absolute atomic E-state index is 13.0. The maximum Gasteiger partial charge on any atom is 0.290 e. The van der Waals surface area contributed by atoms with Gasteiger partial charge in [-0.15, -0.1) is 12.4 Å². The molecule has 4 rings (SSSR count). The van der Waals surface area contributed by atoms with E-state index in [4.69, 9.17) is 9.15 Å². The minimum Gasteiger partial charge on any atom is -0.489 e. The molecule has 0 spiro atoms. The van der Waals surface area contributed by atoms with E-state index in [2.05, 4.69) is 5.32 Å². The molecule has 1 amide bonds. The standard InChI is InChI=1S/C20H20N2O3.ClH/c23-20(22-12-10-21-11-13-22)19-17(14-24-15-6-2-1-3-7-15)16-8-4-5-9-18(16)25-19;/h1-9,21H,10-14H2;1H. The number of ether oxygens (including phenoxy) is 1. The molecule has 6 heteroatoms. The van der Waals surface area contributed by atoms with E-state index in [9.17, 15) is 4.79 Å². The number of hydrogen-bond acceptors (Lipinski definition) is 4. The van der Waals surface area contributed by atoms with Crippen molar-refractivity contribution in [1.82, 2.24) is 10.2 Å². The Morgan fingerprint density at radius 2 is 1.73 bits per heavy atom. The molecule has 0 saturated carbocycles. The SMILES string of the molecule is Cl.O=C(c1oc2ccccc2c1COc1ccccc1)N1CCNCC1. The number of rotatable bonds is 4. The highest BCUT2D eigenvalue weighted by Gasteiger charge is 2.26. The van der Waals surface area contributed by atoms with Gasteiger partial charge in [-0.25, -0.2) is 0 Å². The third-order valence-electron chi connectivity index (χ3n) is 4.42. The number of furan rings is 1. The van der Waals surface area contributed by atoms with E-state index >= 15 is 0 Å². The average Bonchev–Trinajstić information content (AvgIpc) is 3.06. The fraction of sp³-hybridized carbons (Fsp3) is 0.250. The molecule has 0 atom stereocenters. The van der Waals surface area contributed by atoms with Crippen LogP contribution in [0.15, 0.2) is 59.0 Å². The zero-order valence-corrected chi connectivity index (χ0v) is 15.1. The van der Waals surface area contributed by atoms with Gasteiger partial charge in [0.25, 0.3) is 5.91 Å². The molecule has 26 heavy (non-hydrogen) atoms. The van der Waals surface area contributed by atoms with Crippen molar-refractivity contribution in [2.45, 2.75) is 6.61 Å². The number of nitrogens with zero attached hydrogens (tertiary/aromatic N) is 1. The molecule has 0 aliphatic carbocycles. The van der Waals surface area contributed by atoms with Gasteiger partial charge in [0.15, 0.2) is 5.76 Å². The van der Waals surface area contributed by atoms with Gasteiger partial charge in [0, 0.05) is 37.1 Å². The van der Waals surface area contributed by atoms with Crippen LogP contribution in [0.2, 0.25) is 0 Å². The molecule has 136 valence electrons. The van der Waals surface area contributed by atoms with Crippen LogP contribution >= 0.6 is 12.4 Å². The Morgan fingerprint density at radius 1 is 1.04 bits per heavy atom. The predicted molar refractivity (Wildman–Crippen MR) is 103 cm³/mol. The van der Waals surface area contributed by atoms with Gasteiger partial charge in [-0.3, -0.25) is 4.79 Å². The summed E-state index contributed by atoms with van der Waals surface area (Å²) in [4.78, 5) is 14.8. The van der Waals surface area contributed by atoms with Crippen LogP contribution in [0.25, 0.3) is 11.0 Å². The third-order valence-corrected chi connectivity index (χ3v) is 4.42. The number of fused-ring (bicyclic) bond motifs is 1. The van der Waals surface area contributed by atoms with E-state index in [1.807, 2.05) is 59.5 Å². The minimum atomic E-state index is -0.0654. The van der Waals surface area contributed by atoms with Gasteiger partial charge in [-0.05, 0) is 18.2 Å². The highest BCUT2D eigenvalue weighted by atomic mass is 35.5. The number of carbonyl (C=O) groups is 1. The second-order valence-electron chi connectivity index (χ2n) is 6.05. The Labute approximate surface area is 158 Å². The minimum absolute atomic E-state index is 0. The number of amides is 1. The number of benzene rings is 2. The molecule has 1 aliphatic heterocycles. The van der Waals surface area contributed by atoms with Gasteiger partial charge in [-0.2, -0.15) is 0 Å². The molecule has 2 heterocycles. The van der Waals surface area contributed by atoms with E-state index in [1.54, 1.807) is 0 Å². The Bertz CT molecular complexity index is 873. The highest BCUT2D eigenvalue weighted by molar-refractivity contribution is 5.99. The van der Waals surface area contributed by atoms with Gasteiger partial charge >= 0.3 is 0 Å². The molecule has 3 aromatic rings. The van der Waals surface area contributed by atoms with E-state index in [-0.39, 0.29) is 18.3 Å². The second-order valence-corrected chi connectivity index (χ2v) is 6.05. The van der Waals surface area contributed by atoms with Crippen molar-refractivity contribution in [3.8, 4) is 5.75 Å². The number of carbonyl (C=O) groups excluding carboxylic acids is 1. The van der Waals surface area contributed by atoms with E-state index in [0.717, 1.165) is 29.8 Å². The van der Waals surface area contributed by atoms with Crippen LogP contribution in [-0.2, 0) is 6.61 Å². The van der Waals surface area contributed by atoms with Crippen molar-refractivity contribution >= 4 is 29.3 Å². The number of halogens is 1. The van der Waals surface area contributed by atoms with Gasteiger partial charge in [0.1, 0.15) is 17.9 Å². The molecular weight excluding hydrogens is 352 g/mol. The Kier molecular flexibility index (Phi) is 5.81.